The van der Waals surface area contributed by atoms with Crippen LogP contribution in [0.5, 0.6) is 0 Å². The number of aromatic nitrogens is 3. The summed E-state index contributed by atoms with van der Waals surface area (Å²) in [4.78, 5) is 29.3. The zero-order valence-corrected chi connectivity index (χ0v) is 19.9. The van der Waals surface area contributed by atoms with Crippen LogP contribution in [-0.4, -0.2) is 26.8 Å². The molecule has 0 aliphatic carbocycles. The minimum Gasteiger partial charge on any atom is -0.339 e. The number of carbonyl (C=O) groups is 1. The van der Waals surface area contributed by atoms with Crippen LogP contribution in [0.15, 0.2) is 77.6 Å². The van der Waals surface area contributed by atoms with Crippen molar-refractivity contribution in [3.8, 4) is 5.69 Å². The van der Waals surface area contributed by atoms with Crippen LogP contribution in [-0.2, 0) is 7.05 Å². The van der Waals surface area contributed by atoms with Crippen LogP contribution in [0.2, 0.25) is 5.02 Å². The number of hydrogen-bond acceptors (Lipinski definition) is 3. The predicted molar refractivity (Wildman–Crippen MR) is 137 cm³/mol. The minimum atomic E-state index is -0.298. The highest BCUT2D eigenvalue weighted by Gasteiger charge is 2.27. The van der Waals surface area contributed by atoms with Crippen LogP contribution >= 0.6 is 11.6 Å². The summed E-state index contributed by atoms with van der Waals surface area (Å²) in [5.74, 6) is -0.285. The maximum Gasteiger partial charge on any atom is 0.296 e. The molecule has 0 aliphatic rings. The Hall–Kier alpha value is -3.90. The van der Waals surface area contributed by atoms with E-state index in [1.807, 2.05) is 86.1 Å². The predicted octanol–water partition coefficient (Wildman–Crippen LogP) is 5.51. The summed E-state index contributed by atoms with van der Waals surface area (Å²) in [5.41, 5.74) is 3.53. The lowest BCUT2D eigenvalue weighted by molar-refractivity contribution is 0.0983. The fourth-order valence-electron chi connectivity index (χ4n) is 4.39. The van der Waals surface area contributed by atoms with Crippen LogP contribution in [0.1, 0.15) is 23.0 Å². The highest BCUT2D eigenvalue weighted by Crippen LogP contribution is 2.32. The fourth-order valence-corrected chi connectivity index (χ4v) is 4.56. The van der Waals surface area contributed by atoms with E-state index in [9.17, 15) is 9.59 Å². The molecule has 3 aromatic carbocycles. The molecule has 0 bridgehead atoms. The second kappa shape index (κ2) is 8.47. The molecule has 2 aromatic heterocycles. The maximum absolute atomic E-state index is 14.0. The van der Waals surface area contributed by atoms with Crippen molar-refractivity contribution in [2.24, 2.45) is 7.05 Å². The molecule has 0 aliphatic heterocycles. The molecule has 7 heteroatoms. The van der Waals surface area contributed by atoms with Gasteiger partial charge in [0.25, 0.3) is 11.5 Å². The van der Waals surface area contributed by atoms with Gasteiger partial charge in [0.15, 0.2) is 5.69 Å². The Morgan fingerprint density at radius 1 is 1.03 bits per heavy atom. The Balaban J connectivity index is 1.88. The molecule has 2 heterocycles. The average Bonchev–Trinajstić information content (AvgIpc) is 3.13. The van der Waals surface area contributed by atoms with Gasteiger partial charge in [-0.3, -0.25) is 9.59 Å². The third-order valence-electron chi connectivity index (χ3n) is 6.10. The van der Waals surface area contributed by atoms with Crippen molar-refractivity contribution in [1.82, 2.24) is 14.3 Å². The van der Waals surface area contributed by atoms with Crippen molar-refractivity contribution in [2.75, 3.05) is 11.4 Å². The van der Waals surface area contributed by atoms with Crippen molar-refractivity contribution >= 4 is 45.0 Å². The number of hydrogen-bond donors (Lipinski definition) is 0. The molecular formula is C27H23ClN4O2. The van der Waals surface area contributed by atoms with Crippen molar-refractivity contribution in [1.29, 1.82) is 0 Å². The Labute approximate surface area is 201 Å². The van der Waals surface area contributed by atoms with Crippen LogP contribution < -0.4 is 10.5 Å². The van der Waals surface area contributed by atoms with E-state index in [-0.39, 0.29) is 17.2 Å². The number of halogens is 1. The number of nitrogens with zero attached hydrogens (tertiary/aromatic N) is 4. The van der Waals surface area contributed by atoms with Gasteiger partial charge in [0.1, 0.15) is 5.52 Å². The van der Waals surface area contributed by atoms with E-state index in [4.69, 9.17) is 11.6 Å². The van der Waals surface area contributed by atoms with Gasteiger partial charge in [-0.15, -0.1) is 0 Å². The summed E-state index contributed by atoms with van der Waals surface area (Å²) in [6, 6.07) is 22.4. The minimum absolute atomic E-state index is 0.203. The summed E-state index contributed by atoms with van der Waals surface area (Å²) in [7, 11) is 1.82. The Kier molecular flexibility index (Phi) is 5.46. The average molecular weight is 471 g/mol. The molecule has 0 radical (unpaired) electrons. The lowest BCUT2D eigenvalue weighted by Gasteiger charge is -2.21. The molecule has 0 unspecified atom stereocenters. The summed E-state index contributed by atoms with van der Waals surface area (Å²) in [6.07, 6.45) is 0. The molecule has 0 spiro atoms. The number of amides is 1. The van der Waals surface area contributed by atoms with Gasteiger partial charge in [0, 0.05) is 40.6 Å². The van der Waals surface area contributed by atoms with E-state index in [1.54, 1.807) is 17.0 Å². The first-order chi connectivity index (χ1) is 16.4. The van der Waals surface area contributed by atoms with E-state index in [1.165, 1.54) is 4.68 Å². The number of aryl methyl sites for hydroxylation is 2. The fraction of sp³-hybridized carbons (Fsp3) is 0.148. The molecule has 1 amide bonds. The van der Waals surface area contributed by atoms with Gasteiger partial charge in [0.05, 0.1) is 5.69 Å². The molecule has 0 N–H and O–H groups in total. The number of benzene rings is 3. The number of anilines is 1. The zero-order chi connectivity index (χ0) is 24.0. The maximum atomic E-state index is 14.0. The Morgan fingerprint density at radius 3 is 2.41 bits per heavy atom. The Morgan fingerprint density at radius 2 is 1.74 bits per heavy atom. The van der Waals surface area contributed by atoms with Crippen molar-refractivity contribution < 1.29 is 4.79 Å². The second-order valence-electron chi connectivity index (χ2n) is 8.23. The molecule has 34 heavy (non-hydrogen) atoms. The summed E-state index contributed by atoms with van der Waals surface area (Å²) >= 11 is 6.32. The standard InChI is InChI=1S/C27H23ClN4O2/c1-4-31(19-8-6-5-7-9-19)26(33)24-23-21-16-18(28)12-15-22(21)30(3)25(23)27(34)32(29-24)20-13-10-17(2)11-14-20/h5-16H,4H2,1-3H3. The van der Waals surface area contributed by atoms with Crippen molar-refractivity contribution in [2.45, 2.75) is 13.8 Å². The SMILES string of the molecule is CCN(C(=O)c1nn(-c2ccc(C)cc2)c(=O)c2c1c1cc(Cl)ccc1n2C)c1ccccc1. The first-order valence-electron chi connectivity index (χ1n) is 11.1. The molecular weight excluding hydrogens is 448 g/mol. The third kappa shape index (κ3) is 3.47. The van der Waals surface area contributed by atoms with E-state index in [0.717, 1.165) is 22.2 Å². The summed E-state index contributed by atoms with van der Waals surface area (Å²) < 4.78 is 3.12. The molecule has 0 atom stereocenters. The Bertz CT molecular complexity index is 1600. The van der Waals surface area contributed by atoms with Crippen LogP contribution in [0.4, 0.5) is 5.69 Å². The molecule has 0 saturated heterocycles. The summed E-state index contributed by atoms with van der Waals surface area (Å²) in [6.45, 7) is 4.34. The van der Waals surface area contributed by atoms with Gasteiger partial charge in [-0.1, -0.05) is 47.5 Å². The monoisotopic (exact) mass is 470 g/mol. The first-order valence-corrected chi connectivity index (χ1v) is 11.4. The number of carbonyl (C=O) groups excluding carboxylic acids is 1. The first kappa shape index (κ1) is 21.9. The van der Waals surface area contributed by atoms with Crippen LogP contribution in [0, 0.1) is 6.92 Å². The number of para-hydroxylation sites is 1. The van der Waals surface area contributed by atoms with Gasteiger partial charge in [-0.2, -0.15) is 9.78 Å². The molecule has 0 saturated carbocycles. The molecule has 6 nitrogen and oxygen atoms in total. The summed E-state index contributed by atoms with van der Waals surface area (Å²) in [5, 5.41) is 6.40. The van der Waals surface area contributed by atoms with Gasteiger partial charge in [-0.25, -0.2) is 0 Å². The number of rotatable bonds is 4. The van der Waals surface area contributed by atoms with Gasteiger partial charge in [-0.05, 0) is 56.3 Å². The normalized spacial score (nSPS) is 11.3. The molecule has 5 rings (SSSR count). The second-order valence-corrected chi connectivity index (χ2v) is 8.67. The van der Waals surface area contributed by atoms with Gasteiger partial charge >= 0.3 is 0 Å². The lowest BCUT2D eigenvalue weighted by atomic mass is 10.1. The van der Waals surface area contributed by atoms with Crippen LogP contribution in [0.25, 0.3) is 27.5 Å². The third-order valence-corrected chi connectivity index (χ3v) is 6.34. The van der Waals surface area contributed by atoms with Crippen molar-refractivity contribution in [3.05, 3.63) is 99.4 Å². The largest absolute Gasteiger partial charge is 0.339 e. The highest BCUT2D eigenvalue weighted by atomic mass is 35.5. The van der Waals surface area contributed by atoms with Crippen molar-refractivity contribution in [3.63, 3.8) is 0 Å². The van der Waals surface area contributed by atoms with Crippen LogP contribution in [0.3, 0.4) is 0 Å². The molecule has 5 aromatic rings. The quantitative estimate of drug-likeness (QED) is 0.348. The van der Waals surface area contributed by atoms with E-state index < -0.39 is 0 Å². The van der Waals surface area contributed by atoms with Gasteiger partial charge in [0.2, 0.25) is 0 Å². The molecule has 170 valence electrons. The topological polar surface area (TPSA) is 60.1 Å². The van der Waals surface area contributed by atoms with E-state index >= 15 is 0 Å². The van der Waals surface area contributed by atoms with Gasteiger partial charge < -0.3 is 9.47 Å². The van der Waals surface area contributed by atoms with E-state index in [0.29, 0.717) is 28.2 Å². The highest BCUT2D eigenvalue weighted by molar-refractivity contribution is 6.32. The smallest absolute Gasteiger partial charge is 0.296 e. The lowest BCUT2D eigenvalue weighted by Crippen LogP contribution is -2.34. The zero-order valence-electron chi connectivity index (χ0n) is 19.1. The number of fused-ring (bicyclic) bond motifs is 3. The van der Waals surface area contributed by atoms with E-state index in [2.05, 4.69) is 5.10 Å². The molecule has 0 fully saturated rings.